The van der Waals surface area contributed by atoms with Crippen molar-refractivity contribution in [1.82, 2.24) is 4.98 Å². The molecule has 6 heteroatoms. The van der Waals surface area contributed by atoms with Crippen LogP contribution in [-0.4, -0.2) is 15.9 Å². The molecular weight excluding hydrogens is 851 g/mol. The van der Waals surface area contributed by atoms with E-state index >= 15 is 0 Å². The average molecular weight is 909 g/mol. The number of hydrogen-bond donors (Lipinski definition) is 1. The molecule has 1 N–H and O–H groups in total. The van der Waals surface area contributed by atoms with Crippen molar-refractivity contribution in [3.8, 4) is 11.3 Å². The Bertz CT molecular complexity index is 2260. The Morgan fingerprint density at radius 1 is 0.887 bits per heavy atom. The number of hydrogen-bond acceptors (Lipinski definition) is 5. The van der Waals surface area contributed by atoms with Crippen LogP contribution in [0.25, 0.3) is 54.1 Å². The van der Waals surface area contributed by atoms with Gasteiger partial charge in [-0.15, -0.1) is 40.5 Å². The first-order valence-corrected chi connectivity index (χ1v) is 20.0. The molecule has 0 aliphatic rings. The molecule has 3 aromatic heterocycles. The molecule has 3 heterocycles. The number of aliphatic hydroxyl groups is 1. The number of carbonyl (C=O) groups is 1. The van der Waals surface area contributed by atoms with Crippen LogP contribution in [0.5, 0.6) is 0 Å². The van der Waals surface area contributed by atoms with Crippen molar-refractivity contribution < 1.29 is 34.4 Å². The van der Waals surface area contributed by atoms with Gasteiger partial charge in [-0.05, 0) is 79.5 Å². The topological polar surface area (TPSA) is 63.3 Å². The third kappa shape index (κ3) is 8.51. The predicted octanol–water partition coefficient (Wildman–Crippen LogP) is 14.3. The molecule has 285 valence electrons. The van der Waals surface area contributed by atoms with Gasteiger partial charge in [0, 0.05) is 69.3 Å². The van der Waals surface area contributed by atoms with Gasteiger partial charge < -0.3 is 9.52 Å². The van der Waals surface area contributed by atoms with Crippen molar-refractivity contribution in [3.05, 3.63) is 88.6 Å². The van der Waals surface area contributed by atoms with E-state index in [2.05, 4.69) is 96.1 Å². The van der Waals surface area contributed by atoms with Gasteiger partial charge in [-0.2, -0.15) is 0 Å². The van der Waals surface area contributed by atoms with E-state index in [1.165, 1.54) is 37.6 Å². The number of carbonyl (C=O) groups excluding carboxylic acids is 1. The van der Waals surface area contributed by atoms with Gasteiger partial charge >= 0.3 is 0 Å². The molecule has 0 fully saturated rings. The van der Waals surface area contributed by atoms with Gasteiger partial charge in [0.05, 0.1) is 0 Å². The summed E-state index contributed by atoms with van der Waals surface area (Å²) >= 11 is 1.90. The van der Waals surface area contributed by atoms with Crippen LogP contribution in [-0.2, 0) is 36.7 Å². The normalized spacial score (nSPS) is 12.8. The van der Waals surface area contributed by atoms with Crippen molar-refractivity contribution in [2.45, 2.75) is 121 Å². The van der Waals surface area contributed by atoms with Crippen LogP contribution in [0, 0.1) is 29.7 Å². The number of furan rings is 1. The van der Waals surface area contributed by atoms with Crippen LogP contribution in [0.15, 0.2) is 71.0 Å². The smallest absolute Gasteiger partial charge is 0.164 e. The summed E-state index contributed by atoms with van der Waals surface area (Å²) in [5.74, 6) is 0.934. The van der Waals surface area contributed by atoms with Crippen LogP contribution >= 0.6 is 11.3 Å². The van der Waals surface area contributed by atoms with Gasteiger partial charge in [0.25, 0.3) is 0 Å². The predicted molar refractivity (Wildman–Crippen MR) is 224 cm³/mol. The molecule has 1 radical (unpaired) electrons. The Hall–Kier alpha value is -3.31. The summed E-state index contributed by atoms with van der Waals surface area (Å²) in [4.78, 5) is 18.5. The number of ketones is 1. The molecule has 0 aliphatic heterocycles. The molecule has 6 aromatic rings. The first kappa shape index (κ1) is 42.4. The largest absolute Gasteiger partial charge is 0.512 e. The first-order valence-electron chi connectivity index (χ1n) is 19.1. The summed E-state index contributed by atoms with van der Waals surface area (Å²) in [7, 11) is 0. The summed E-state index contributed by atoms with van der Waals surface area (Å²) in [6.45, 7) is 25.7. The van der Waals surface area contributed by atoms with E-state index in [-0.39, 0.29) is 47.9 Å². The number of pyridine rings is 1. The summed E-state index contributed by atoms with van der Waals surface area (Å²) in [6.07, 6.45) is 7.78. The average Bonchev–Trinajstić information content (AvgIpc) is 3.64. The van der Waals surface area contributed by atoms with Crippen LogP contribution in [0.1, 0.15) is 118 Å². The monoisotopic (exact) mass is 909 g/mol. The maximum atomic E-state index is 12.2. The zero-order chi connectivity index (χ0) is 38.2. The van der Waals surface area contributed by atoms with Gasteiger partial charge in [-0.3, -0.25) is 9.78 Å². The molecule has 0 saturated heterocycles. The fraction of sp³-hybridized carbons (Fsp3) is 0.447. The Morgan fingerprint density at radius 2 is 1.53 bits per heavy atom. The fourth-order valence-electron chi connectivity index (χ4n) is 6.89. The van der Waals surface area contributed by atoms with E-state index in [4.69, 9.17) is 9.40 Å². The van der Waals surface area contributed by atoms with E-state index in [1.807, 2.05) is 59.1 Å². The minimum absolute atomic E-state index is 0. The van der Waals surface area contributed by atoms with Gasteiger partial charge in [-0.1, -0.05) is 105 Å². The quantitative estimate of drug-likeness (QED) is 0.0845. The molecular formula is C47H58IrNO3S-. The Kier molecular flexibility index (Phi) is 13.3. The second kappa shape index (κ2) is 16.6. The fourth-order valence-corrected chi connectivity index (χ4v) is 8.32. The molecule has 0 unspecified atom stereocenters. The Morgan fingerprint density at radius 3 is 2.13 bits per heavy atom. The summed E-state index contributed by atoms with van der Waals surface area (Å²) in [5.41, 5.74) is 5.70. The van der Waals surface area contributed by atoms with Crippen LogP contribution < -0.4 is 0 Å². The Labute approximate surface area is 334 Å². The molecule has 0 aliphatic carbocycles. The number of nitrogens with zero attached hydrogens (tertiary/aromatic N) is 1. The van der Waals surface area contributed by atoms with Crippen molar-refractivity contribution >= 4 is 59.9 Å². The van der Waals surface area contributed by atoms with E-state index in [1.54, 1.807) is 0 Å². The van der Waals surface area contributed by atoms with Crippen LogP contribution in [0.4, 0.5) is 0 Å². The van der Waals surface area contributed by atoms with E-state index in [9.17, 15) is 9.90 Å². The second-order valence-corrected chi connectivity index (χ2v) is 17.7. The Balaban J connectivity index is 0.000000299. The number of aliphatic hydroxyl groups excluding tert-OH is 1. The summed E-state index contributed by atoms with van der Waals surface area (Å²) in [5, 5.41) is 16.1. The molecule has 3 aromatic carbocycles. The maximum absolute atomic E-state index is 12.2. The number of aromatic nitrogens is 1. The standard InChI is InChI=1S/C32H30NOS.C15H28O2.Ir/c1-18(2)13-28-19(3)24-16-25-23-11-12-33-30(31(23)34-27(25)17-29(24)35-28)21-14-20-9-7-8-10-22(20)26(15-21)32(4,5)6;1-7-14(5,8-2)12(16)11-13(17)15(6,9-3)10-4;/h7-12,15-18H,13H2,1-6H3;11,16H,7-10H2,1-6H3;/q-1;;/b;12-11-;. The number of thiophene rings is 1. The van der Waals surface area contributed by atoms with E-state index < -0.39 is 0 Å². The number of allylic oxidation sites excluding steroid dienone is 2. The van der Waals surface area contributed by atoms with Gasteiger partial charge in [0.1, 0.15) is 16.9 Å². The minimum Gasteiger partial charge on any atom is -0.512 e. The molecule has 0 spiro atoms. The van der Waals surface area contributed by atoms with E-state index in [0.717, 1.165) is 70.7 Å². The van der Waals surface area contributed by atoms with Crippen LogP contribution in [0.2, 0.25) is 0 Å². The summed E-state index contributed by atoms with van der Waals surface area (Å²) in [6, 6.07) is 21.0. The number of fused-ring (bicyclic) bond motifs is 5. The van der Waals surface area contributed by atoms with Crippen molar-refractivity contribution in [3.63, 3.8) is 0 Å². The zero-order valence-electron chi connectivity index (χ0n) is 33.8. The third-order valence-corrected chi connectivity index (χ3v) is 12.9. The third-order valence-electron chi connectivity index (χ3n) is 11.6. The van der Waals surface area contributed by atoms with Gasteiger partial charge in [0.2, 0.25) is 0 Å². The van der Waals surface area contributed by atoms with E-state index in [0.29, 0.717) is 5.92 Å². The minimum atomic E-state index is -0.337. The maximum Gasteiger partial charge on any atom is 0.164 e. The molecule has 4 nitrogen and oxygen atoms in total. The summed E-state index contributed by atoms with van der Waals surface area (Å²) < 4.78 is 7.84. The zero-order valence-corrected chi connectivity index (χ0v) is 37.1. The van der Waals surface area contributed by atoms with Crippen molar-refractivity contribution in [2.75, 3.05) is 0 Å². The van der Waals surface area contributed by atoms with Crippen molar-refractivity contribution in [1.29, 1.82) is 0 Å². The van der Waals surface area contributed by atoms with Gasteiger partial charge in [-0.25, -0.2) is 0 Å². The molecule has 0 saturated carbocycles. The number of aryl methyl sites for hydroxylation is 1. The SMILES string of the molecule is CCC(C)(CC)C(=O)/C=C(\O)C(C)(CC)CC.Cc1c(CC(C)C)sc2cc3oc4c(-c5[c-]c6ccccc6c(C(C)(C)C)c5)nccc4c3cc12.[Ir]. The molecule has 6 rings (SSSR count). The van der Waals surface area contributed by atoms with Crippen LogP contribution in [0.3, 0.4) is 0 Å². The number of rotatable bonds is 10. The van der Waals surface area contributed by atoms with Crippen molar-refractivity contribution in [2.24, 2.45) is 16.7 Å². The molecule has 0 bridgehead atoms. The molecule has 0 atom stereocenters. The molecule has 0 amide bonds. The first-order chi connectivity index (χ1) is 24.5. The van der Waals surface area contributed by atoms with Gasteiger partial charge in [0.15, 0.2) is 5.78 Å². The number of benzene rings is 3. The second-order valence-electron chi connectivity index (χ2n) is 16.6. The molecule has 53 heavy (non-hydrogen) atoms.